The second-order valence-electron chi connectivity index (χ2n) is 9.18. The van der Waals surface area contributed by atoms with Crippen LogP contribution >= 0.6 is 11.3 Å². The summed E-state index contributed by atoms with van der Waals surface area (Å²) in [5, 5.41) is 14.9. The molecule has 1 aromatic heterocycles. The predicted molar refractivity (Wildman–Crippen MR) is 150 cm³/mol. The summed E-state index contributed by atoms with van der Waals surface area (Å²) in [4.78, 5) is 16.4. The summed E-state index contributed by atoms with van der Waals surface area (Å²) in [6, 6.07) is 17.5. The monoisotopic (exact) mass is 523 g/mol. The molecule has 37 heavy (non-hydrogen) atoms. The lowest BCUT2D eigenvalue weighted by molar-refractivity contribution is 0.0871. The molecule has 1 aliphatic heterocycles. The fourth-order valence-corrected chi connectivity index (χ4v) is 5.23. The third kappa shape index (κ3) is 7.44. The normalized spacial score (nSPS) is 15.5. The summed E-state index contributed by atoms with van der Waals surface area (Å²) < 4.78 is 6.02. The van der Waals surface area contributed by atoms with Gasteiger partial charge >= 0.3 is 0 Å². The molecular weight excluding hydrogens is 486 g/mol. The molecule has 3 N–H and O–H groups in total. The molecule has 0 saturated carbocycles. The van der Waals surface area contributed by atoms with E-state index in [1.165, 1.54) is 4.88 Å². The molecule has 4 rings (SSSR count). The summed E-state index contributed by atoms with van der Waals surface area (Å²) in [7, 11) is 2.17. The van der Waals surface area contributed by atoms with Crippen LogP contribution in [0.25, 0.3) is 11.3 Å². The minimum absolute atomic E-state index is 0.0718. The number of aliphatic hydroxyl groups is 1. The largest absolute Gasteiger partial charge is 0.488 e. The quantitative estimate of drug-likeness (QED) is 0.160. The molecule has 0 amide bonds. The Morgan fingerprint density at radius 3 is 2.51 bits per heavy atom. The van der Waals surface area contributed by atoms with E-state index < -0.39 is 0 Å². The van der Waals surface area contributed by atoms with E-state index in [1.54, 1.807) is 11.3 Å². The fourth-order valence-electron chi connectivity index (χ4n) is 4.16. The summed E-state index contributed by atoms with van der Waals surface area (Å²) >= 11 is 1.80. The fraction of sp³-hybridized carbons (Fsp3) is 0.429. The number of benzene rings is 2. The number of likely N-dealkylation sites (N-methyl/N-ethyl adjacent to an activating group) is 1. The molecule has 9 heteroatoms. The lowest BCUT2D eigenvalue weighted by Crippen LogP contribution is -2.44. The zero-order valence-electron chi connectivity index (χ0n) is 21.7. The zero-order valence-corrected chi connectivity index (χ0v) is 22.5. The molecule has 2 heterocycles. The van der Waals surface area contributed by atoms with E-state index in [4.69, 9.17) is 20.3 Å². The third-order valence-electron chi connectivity index (χ3n) is 6.41. The highest BCUT2D eigenvalue weighted by Crippen LogP contribution is 2.34. The maximum Gasteiger partial charge on any atom is 0.186 e. The molecule has 1 fully saturated rings. The van der Waals surface area contributed by atoms with Gasteiger partial charge in [0.1, 0.15) is 18.5 Å². The van der Waals surface area contributed by atoms with Crippen molar-refractivity contribution in [2.24, 2.45) is 10.9 Å². The van der Waals surface area contributed by atoms with Gasteiger partial charge in [0.2, 0.25) is 0 Å². The lowest BCUT2D eigenvalue weighted by Gasteiger charge is -2.32. The number of ether oxygens (including phenoxy) is 1. The van der Waals surface area contributed by atoms with Crippen molar-refractivity contribution in [1.82, 2.24) is 9.88 Å². The predicted octanol–water partition coefficient (Wildman–Crippen LogP) is 3.98. The number of aliphatic hydroxyl groups excluding tert-OH is 1. The van der Waals surface area contributed by atoms with Crippen LogP contribution < -0.4 is 15.4 Å². The Kier molecular flexibility index (Phi) is 9.76. The number of hydrogen-bond donors (Lipinski definition) is 2. The van der Waals surface area contributed by atoms with Crippen LogP contribution in [0.2, 0.25) is 0 Å². The molecule has 2 aromatic carbocycles. The summed E-state index contributed by atoms with van der Waals surface area (Å²) in [6.45, 7) is 6.66. The first kappa shape index (κ1) is 26.9. The van der Waals surface area contributed by atoms with Gasteiger partial charge in [0.25, 0.3) is 0 Å². The number of hydrogen-bond acceptors (Lipinski definition) is 8. The highest BCUT2D eigenvalue weighted by atomic mass is 32.1. The molecule has 1 unspecified atom stereocenters. The van der Waals surface area contributed by atoms with E-state index in [0.717, 1.165) is 60.3 Å². The van der Waals surface area contributed by atoms with Gasteiger partial charge in [-0.15, -0.1) is 11.3 Å². The van der Waals surface area contributed by atoms with Gasteiger partial charge in [0, 0.05) is 42.2 Å². The van der Waals surface area contributed by atoms with Crippen molar-refractivity contribution in [3.63, 3.8) is 0 Å². The molecule has 0 aliphatic carbocycles. The number of amidine groups is 1. The standard InChI is InChI=1S/C28H37N5O3S/c1-3-25-26(30-28(37-25)33-17-15-32(2)16-18-33)21-11-13-23(14-12-21)36-24(20-34)10-7-19-35-31-27(29)22-8-5-4-6-9-22/h4-6,8-9,11-14,24,34H,3,7,10,15-20H2,1-2H3,(H2,29,31). The molecule has 1 atom stereocenters. The molecular formula is C28H37N5O3S. The van der Waals surface area contributed by atoms with Gasteiger partial charge in [0.05, 0.1) is 12.3 Å². The van der Waals surface area contributed by atoms with Crippen LogP contribution in [0.4, 0.5) is 5.13 Å². The highest BCUT2D eigenvalue weighted by molar-refractivity contribution is 7.16. The molecule has 0 radical (unpaired) electrons. The van der Waals surface area contributed by atoms with Crippen LogP contribution in [0, 0.1) is 0 Å². The maximum absolute atomic E-state index is 9.80. The van der Waals surface area contributed by atoms with Crippen LogP contribution in [-0.2, 0) is 11.3 Å². The van der Waals surface area contributed by atoms with Crippen molar-refractivity contribution in [2.75, 3.05) is 51.3 Å². The maximum atomic E-state index is 9.80. The number of oxime groups is 1. The highest BCUT2D eigenvalue weighted by Gasteiger charge is 2.20. The molecule has 3 aromatic rings. The first-order chi connectivity index (χ1) is 18.1. The topological polar surface area (TPSA) is 96.4 Å². The van der Waals surface area contributed by atoms with Crippen LogP contribution in [0.3, 0.4) is 0 Å². The number of aryl methyl sites for hydroxylation is 1. The van der Waals surface area contributed by atoms with E-state index in [1.807, 2.05) is 42.5 Å². The van der Waals surface area contributed by atoms with Gasteiger partial charge < -0.3 is 30.2 Å². The second-order valence-corrected chi connectivity index (χ2v) is 10.2. The molecule has 198 valence electrons. The van der Waals surface area contributed by atoms with Gasteiger partial charge in [-0.25, -0.2) is 4.98 Å². The average Bonchev–Trinajstić information content (AvgIpc) is 3.38. The number of aromatic nitrogens is 1. The van der Waals surface area contributed by atoms with E-state index in [9.17, 15) is 5.11 Å². The minimum atomic E-state index is -0.320. The van der Waals surface area contributed by atoms with Crippen molar-refractivity contribution in [1.29, 1.82) is 0 Å². The Morgan fingerprint density at radius 1 is 1.11 bits per heavy atom. The molecule has 0 bridgehead atoms. The van der Waals surface area contributed by atoms with E-state index in [2.05, 4.69) is 41.1 Å². The number of nitrogens with zero attached hydrogens (tertiary/aromatic N) is 4. The number of piperazine rings is 1. The van der Waals surface area contributed by atoms with Crippen LogP contribution in [-0.4, -0.2) is 73.4 Å². The lowest BCUT2D eigenvalue weighted by atomic mass is 10.1. The summed E-state index contributed by atoms with van der Waals surface area (Å²) in [5.41, 5.74) is 8.90. The molecule has 8 nitrogen and oxygen atoms in total. The van der Waals surface area contributed by atoms with Gasteiger partial charge in [-0.1, -0.05) is 42.4 Å². The summed E-state index contributed by atoms with van der Waals surface area (Å²) in [5.74, 6) is 1.07. The Labute approximate surface area is 223 Å². The van der Waals surface area contributed by atoms with Gasteiger partial charge in [-0.05, 0) is 50.6 Å². The van der Waals surface area contributed by atoms with E-state index in [0.29, 0.717) is 25.3 Å². The molecule has 1 aliphatic rings. The number of nitrogens with two attached hydrogens (primary N) is 1. The number of thiazole rings is 1. The first-order valence-corrected chi connectivity index (χ1v) is 13.7. The van der Waals surface area contributed by atoms with Crippen molar-refractivity contribution >= 4 is 22.3 Å². The zero-order chi connectivity index (χ0) is 26.0. The first-order valence-electron chi connectivity index (χ1n) is 12.9. The Morgan fingerprint density at radius 2 is 1.84 bits per heavy atom. The van der Waals surface area contributed by atoms with Crippen LogP contribution in [0.5, 0.6) is 5.75 Å². The van der Waals surface area contributed by atoms with E-state index >= 15 is 0 Å². The SMILES string of the molecule is CCc1sc(N2CCN(C)CC2)nc1-c1ccc(OC(CO)CCCON=C(N)c2ccccc2)cc1. The van der Waals surface area contributed by atoms with Crippen molar-refractivity contribution in [2.45, 2.75) is 32.3 Å². The second kappa shape index (κ2) is 13.4. The third-order valence-corrected chi connectivity index (χ3v) is 7.67. The van der Waals surface area contributed by atoms with Gasteiger partial charge in [0.15, 0.2) is 11.0 Å². The number of anilines is 1. The van der Waals surface area contributed by atoms with Crippen molar-refractivity contribution in [3.05, 3.63) is 65.0 Å². The smallest absolute Gasteiger partial charge is 0.186 e. The van der Waals surface area contributed by atoms with Crippen LogP contribution in [0.1, 0.15) is 30.2 Å². The number of rotatable bonds is 12. The molecule has 1 saturated heterocycles. The Bertz CT molecular complexity index is 1130. The minimum Gasteiger partial charge on any atom is -0.488 e. The summed E-state index contributed by atoms with van der Waals surface area (Å²) in [6.07, 6.45) is 1.95. The average molecular weight is 524 g/mol. The van der Waals surface area contributed by atoms with Crippen LogP contribution in [0.15, 0.2) is 59.8 Å². The Hall–Kier alpha value is -3.14. The van der Waals surface area contributed by atoms with Gasteiger partial charge in [-0.3, -0.25) is 0 Å². The molecule has 0 spiro atoms. The Balaban J connectivity index is 1.29. The van der Waals surface area contributed by atoms with Crippen molar-refractivity contribution < 1.29 is 14.7 Å². The van der Waals surface area contributed by atoms with Crippen molar-refractivity contribution in [3.8, 4) is 17.0 Å². The van der Waals surface area contributed by atoms with E-state index in [-0.39, 0.29) is 12.7 Å². The van der Waals surface area contributed by atoms with Gasteiger partial charge in [-0.2, -0.15) is 0 Å².